The van der Waals surface area contributed by atoms with E-state index in [-0.39, 0.29) is 5.92 Å². The van der Waals surface area contributed by atoms with Gasteiger partial charge in [-0.1, -0.05) is 13.8 Å². The van der Waals surface area contributed by atoms with Crippen molar-refractivity contribution in [1.29, 1.82) is 0 Å². The van der Waals surface area contributed by atoms with E-state index < -0.39 is 18.0 Å². The third kappa shape index (κ3) is 4.97. The van der Waals surface area contributed by atoms with Gasteiger partial charge in [0, 0.05) is 12.3 Å². The molecule has 13 heavy (non-hydrogen) atoms. The van der Waals surface area contributed by atoms with Gasteiger partial charge < -0.3 is 15.5 Å². The largest absolute Gasteiger partial charge is 0.478 e. The minimum absolute atomic E-state index is 0.196. The molecule has 0 saturated heterocycles. The van der Waals surface area contributed by atoms with Gasteiger partial charge in [-0.25, -0.2) is 4.79 Å². The molecule has 0 aromatic rings. The Labute approximate surface area is 76.1 Å². The van der Waals surface area contributed by atoms with E-state index in [9.17, 15) is 9.59 Å². The summed E-state index contributed by atoms with van der Waals surface area (Å²) in [5, 5.41) is 19.5. The minimum atomic E-state index is -1.15. The normalized spacial score (nSPS) is 13.2. The summed E-state index contributed by atoms with van der Waals surface area (Å²) in [6.45, 7) is 3.37. The molecule has 0 heterocycles. The molecule has 0 fully saturated rings. The van der Waals surface area contributed by atoms with Crippen LogP contribution in [0, 0.1) is 5.92 Å². The Morgan fingerprint density at radius 3 is 2.31 bits per heavy atom. The Hall–Kier alpha value is -1.36. The molecule has 0 aliphatic carbocycles. The lowest BCUT2D eigenvalue weighted by molar-refractivity contribution is -0.131. The number of aliphatic hydroxyl groups is 1. The summed E-state index contributed by atoms with van der Waals surface area (Å²) < 4.78 is 0. The van der Waals surface area contributed by atoms with Crippen molar-refractivity contribution in [2.45, 2.75) is 20.0 Å². The van der Waals surface area contributed by atoms with Crippen LogP contribution in [0.3, 0.4) is 0 Å². The van der Waals surface area contributed by atoms with Gasteiger partial charge in [0.15, 0.2) is 0 Å². The molecule has 0 saturated carbocycles. The maximum atomic E-state index is 11.0. The first-order valence-corrected chi connectivity index (χ1v) is 3.83. The molecule has 0 spiro atoms. The molecule has 0 aliphatic rings. The smallest absolute Gasteiger partial charge is 0.329 e. The van der Waals surface area contributed by atoms with E-state index in [1.54, 1.807) is 13.8 Å². The van der Waals surface area contributed by atoms with Crippen LogP contribution < -0.4 is 5.32 Å². The molecule has 0 aliphatic heterocycles. The Morgan fingerprint density at radius 2 is 1.92 bits per heavy atom. The molecule has 0 aromatic carbocycles. The van der Waals surface area contributed by atoms with E-state index >= 15 is 0 Å². The Morgan fingerprint density at radius 1 is 1.38 bits per heavy atom. The zero-order chi connectivity index (χ0) is 10.4. The highest BCUT2D eigenvalue weighted by atomic mass is 16.4. The maximum absolute atomic E-state index is 11.0. The zero-order valence-electron chi connectivity index (χ0n) is 7.52. The third-order valence-electron chi connectivity index (χ3n) is 1.35. The fourth-order valence-corrected chi connectivity index (χ4v) is 0.583. The van der Waals surface area contributed by atoms with E-state index in [2.05, 4.69) is 5.32 Å². The second-order valence-electron chi connectivity index (χ2n) is 2.87. The van der Waals surface area contributed by atoms with Crippen LogP contribution in [0.2, 0.25) is 0 Å². The van der Waals surface area contributed by atoms with E-state index in [4.69, 9.17) is 10.2 Å². The van der Waals surface area contributed by atoms with Gasteiger partial charge in [0.05, 0.1) is 0 Å². The molecular formula is C8H13NO4. The van der Waals surface area contributed by atoms with Gasteiger partial charge in [-0.05, 0) is 5.92 Å². The van der Waals surface area contributed by atoms with Crippen LogP contribution >= 0.6 is 0 Å². The molecule has 5 nitrogen and oxygen atoms in total. The summed E-state index contributed by atoms with van der Waals surface area (Å²) in [6, 6.07) is 0. The molecule has 74 valence electrons. The number of amides is 1. The van der Waals surface area contributed by atoms with E-state index in [1.165, 1.54) is 0 Å². The second-order valence-corrected chi connectivity index (χ2v) is 2.87. The van der Waals surface area contributed by atoms with Crippen molar-refractivity contribution < 1.29 is 19.8 Å². The van der Waals surface area contributed by atoms with Crippen molar-refractivity contribution in [2.24, 2.45) is 5.92 Å². The zero-order valence-corrected chi connectivity index (χ0v) is 7.52. The number of aliphatic hydroxyl groups excluding tert-OH is 1. The number of carboxylic acid groups (broad SMARTS) is 1. The van der Waals surface area contributed by atoms with Crippen LogP contribution in [-0.4, -0.2) is 28.2 Å². The summed E-state index contributed by atoms with van der Waals surface area (Å²) in [7, 11) is 0. The van der Waals surface area contributed by atoms with Crippen molar-refractivity contribution in [3.8, 4) is 0 Å². The number of carbonyl (C=O) groups is 2. The quantitative estimate of drug-likeness (QED) is 0.528. The van der Waals surface area contributed by atoms with Crippen LogP contribution in [0.15, 0.2) is 12.3 Å². The summed E-state index contributed by atoms with van der Waals surface area (Å²) in [4.78, 5) is 20.9. The second kappa shape index (κ2) is 5.31. The van der Waals surface area contributed by atoms with Crippen LogP contribution in [0.4, 0.5) is 0 Å². The number of carbonyl (C=O) groups excluding carboxylic acids is 1. The lowest BCUT2D eigenvalue weighted by Crippen LogP contribution is -2.34. The first-order valence-electron chi connectivity index (χ1n) is 3.83. The molecule has 1 unspecified atom stereocenters. The predicted molar refractivity (Wildman–Crippen MR) is 45.8 cm³/mol. The van der Waals surface area contributed by atoms with Gasteiger partial charge in [-0.3, -0.25) is 4.79 Å². The molecule has 3 N–H and O–H groups in total. The number of carboxylic acids is 1. The SMILES string of the molecule is CC(C)C(O)C(=O)NC=CC(=O)O. The average Bonchev–Trinajstić information content (AvgIpc) is 2.02. The molecular weight excluding hydrogens is 174 g/mol. The Kier molecular flexibility index (Phi) is 4.76. The van der Waals surface area contributed by atoms with Gasteiger partial charge in [-0.2, -0.15) is 0 Å². The first-order chi connectivity index (χ1) is 5.95. The fraction of sp³-hybridized carbons (Fsp3) is 0.500. The summed E-state index contributed by atoms with van der Waals surface area (Å²) in [5.41, 5.74) is 0. The first kappa shape index (κ1) is 11.6. The van der Waals surface area contributed by atoms with E-state index in [0.29, 0.717) is 0 Å². The molecule has 1 amide bonds. The highest BCUT2D eigenvalue weighted by Crippen LogP contribution is 1.99. The van der Waals surface area contributed by atoms with Crippen molar-refractivity contribution in [3.63, 3.8) is 0 Å². The summed E-state index contributed by atoms with van der Waals surface area (Å²) in [6.07, 6.45) is 0.653. The fourth-order valence-electron chi connectivity index (χ4n) is 0.583. The monoisotopic (exact) mass is 187 g/mol. The summed E-state index contributed by atoms with van der Waals surface area (Å²) >= 11 is 0. The number of rotatable bonds is 4. The number of hydrogen-bond acceptors (Lipinski definition) is 3. The van der Waals surface area contributed by atoms with Gasteiger partial charge in [0.25, 0.3) is 5.91 Å². The van der Waals surface area contributed by atoms with Crippen LogP contribution in [0.1, 0.15) is 13.8 Å². The van der Waals surface area contributed by atoms with E-state index in [0.717, 1.165) is 12.3 Å². The van der Waals surface area contributed by atoms with Crippen LogP contribution in [0.25, 0.3) is 0 Å². The maximum Gasteiger partial charge on any atom is 0.329 e. The minimum Gasteiger partial charge on any atom is -0.478 e. The molecule has 0 radical (unpaired) electrons. The lowest BCUT2D eigenvalue weighted by Gasteiger charge is -2.11. The van der Waals surface area contributed by atoms with Crippen molar-refractivity contribution in [1.82, 2.24) is 5.32 Å². The standard InChI is InChI=1S/C8H13NO4/c1-5(2)7(12)8(13)9-4-3-6(10)11/h3-5,7,12H,1-2H3,(H,9,13)(H,10,11). The number of aliphatic carboxylic acids is 1. The topological polar surface area (TPSA) is 86.6 Å². The third-order valence-corrected chi connectivity index (χ3v) is 1.35. The Bertz CT molecular complexity index is 222. The highest BCUT2D eigenvalue weighted by molar-refractivity contribution is 5.84. The van der Waals surface area contributed by atoms with Gasteiger partial charge in [0.2, 0.25) is 0 Å². The van der Waals surface area contributed by atoms with Crippen molar-refractivity contribution >= 4 is 11.9 Å². The van der Waals surface area contributed by atoms with Gasteiger partial charge in [-0.15, -0.1) is 0 Å². The Balaban J connectivity index is 3.95. The van der Waals surface area contributed by atoms with Gasteiger partial charge in [0.1, 0.15) is 6.10 Å². The summed E-state index contributed by atoms with van der Waals surface area (Å²) in [5.74, 6) is -1.95. The molecule has 0 rings (SSSR count). The van der Waals surface area contributed by atoms with Crippen molar-refractivity contribution in [3.05, 3.63) is 12.3 Å². The van der Waals surface area contributed by atoms with Gasteiger partial charge >= 0.3 is 5.97 Å². The predicted octanol–water partition coefficient (Wildman–Crippen LogP) is -0.282. The van der Waals surface area contributed by atoms with Crippen molar-refractivity contribution in [2.75, 3.05) is 0 Å². The number of hydrogen-bond donors (Lipinski definition) is 3. The van der Waals surface area contributed by atoms with Crippen LogP contribution in [-0.2, 0) is 9.59 Å². The molecule has 5 heteroatoms. The highest BCUT2D eigenvalue weighted by Gasteiger charge is 2.17. The van der Waals surface area contributed by atoms with E-state index in [1.807, 2.05) is 0 Å². The molecule has 0 bridgehead atoms. The molecule has 1 atom stereocenters. The number of nitrogens with one attached hydrogen (secondary N) is 1. The van der Waals surface area contributed by atoms with Crippen LogP contribution in [0.5, 0.6) is 0 Å². The average molecular weight is 187 g/mol. The lowest BCUT2D eigenvalue weighted by atomic mass is 10.1. The molecule has 0 aromatic heterocycles.